The van der Waals surface area contributed by atoms with Crippen LogP contribution < -0.4 is 10.9 Å². The van der Waals surface area contributed by atoms with Crippen LogP contribution in [0.3, 0.4) is 0 Å². The maximum absolute atomic E-state index is 14.4. The first-order chi connectivity index (χ1) is 14.8. The van der Waals surface area contributed by atoms with E-state index in [2.05, 4.69) is 20.4 Å². The van der Waals surface area contributed by atoms with Crippen molar-refractivity contribution in [3.8, 4) is 5.69 Å². The van der Waals surface area contributed by atoms with Gasteiger partial charge in [-0.05, 0) is 6.92 Å². The van der Waals surface area contributed by atoms with Crippen LogP contribution in [0, 0.1) is 12.7 Å². The molecule has 0 aliphatic heterocycles. The van der Waals surface area contributed by atoms with Crippen LogP contribution in [0.25, 0.3) is 16.6 Å². The molecule has 11 heteroatoms. The first-order valence-corrected chi connectivity index (χ1v) is 9.15. The normalized spacial score (nSPS) is 12.5. The van der Waals surface area contributed by atoms with Crippen LogP contribution in [0.4, 0.5) is 19.0 Å². The molecule has 0 amide bonds. The summed E-state index contributed by atoms with van der Waals surface area (Å²) in [6.45, 7) is 1.59. The van der Waals surface area contributed by atoms with Gasteiger partial charge in [0.1, 0.15) is 18.0 Å². The number of hydrogen-bond acceptors (Lipinski definition) is 6. The van der Waals surface area contributed by atoms with E-state index in [1.54, 1.807) is 20.2 Å². The van der Waals surface area contributed by atoms with Crippen molar-refractivity contribution in [1.82, 2.24) is 24.3 Å². The summed E-state index contributed by atoms with van der Waals surface area (Å²) in [5.41, 5.74) is -0.331. The molecule has 160 valence electrons. The summed E-state index contributed by atoms with van der Waals surface area (Å²) in [6.07, 6.45) is 1.11. The number of aliphatic hydroxyl groups excluding tert-OH is 1. The minimum Gasteiger partial charge on any atom is -0.369 e. The number of nitrogens with zero attached hydrogens (tertiary/aromatic N) is 5. The second-order valence-corrected chi connectivity index (χ2v) is 6.88. The van der Waals surface area contributed by atoms with Crippen LogP contribution in [0.1, 0.15) is 29.3 Å². The van der Waals surface area contributed by atoms with Crippen molar-refractivity contribution in [2.45, 2.75) is 19.6 Å². The largest absolute Gasteiger partial charge is 0.369 e. The van der Waals surface area contributed by atoms with Gasteiger partial charge in [0.2, 0.25) is 0 Å². The van der Waals surface area contributed by atoms with Gasteiger partial charge in [-0.25, -0.2) is 23.1 Å². The second-order valence-electron chi connectivity index (χ2n) is 6.88. The van der Waals surface area contributed by atoms with E-state index in [-0.39, 0.29) is 16.9 Å². The lowest BCUT2D eigenvalue weighted by Crippen LogP contribution is -2.21. The zero-order valence-corrected chi connectivity index (χ0v) is 16.4. The molecule has 0 bridgehead atoms. The number of anilines is 1. The molecule has 0 saturated carbocycles. The second kappa shape index (κ2) is 7.84. The Balaban J connectivity index is 1.81. The quantitative estimate of drug-likeness (QED) is 0.473. The third-order valence-corrected chi connectivity index (χ3v) is 4.87. The van der Waals surface area contributed by atoms with E-state index < -0.39 is 24.0 Å². The summed E-state index contributed by atoms with van der Waals surface area (Å²) in [5, 5.41) is 17.5. The highest BCUT2D eigenvalue weighted by molar-refractivity contribution is 5.90. The Bertz CT molecular complexity index is 1330. The van der Waals surface area contributed by atoms with Crippen LogP contribution in [-0.4, -0.2) is 29.4 Å². The van der Waals surface area contributed by atoms with Gasteiger partial charge < -0.3 is 10.4 Å². The van der Waals surface area contributed by atoms with Crippen molar-refractivity contribution in [3.63, 3.8) is 0 Å². The summed E-state index contributed by atoms with van der Waals surface area (Å²) in [4.78, 5) is 21.0. The first-order valence-electron chi connectivity index (χ1n) is 9.15. The summed E-state index contributed by atoms with van der Waals surface area (Å²) in [7, 11) is 1.71. The molecule has 2 N–H and O–H groups in total. The third-order valence-electron chi connectivity index (χ3n) is 4.87. The molecule has 0 aliphatic rings. The average Bonchev–Trinajstić information content (AvgIpc) is 3.16. The molecule has 0 fully saturated rings. The van der Waals surface area contributed by atoms with Crippen LogP contribution in [-0.2, 0) is 7.05 Å². The van der Waals surface area contributed by atoms with Gasteiger partial charge in [-0.1, -0.05) is 18.2 Å². The zero-order chi connectivity index (χ0) is 22.3. The Morgan fingerprint density at radius 3 is 2.58 bits per heavy atom. The SMILES string of the molecule is Cc1c(=O)n(-c2cnn(C)c2)cc2c(N[C@H](O)c3cccc(C(F)F)c3F)ncnc12. The van der Waals surface area contributed by atoms with Crippen molar-refractivity contribution in [1.29, 1.82) is 0 Å². The Morgan fingerprint density at radius 1 is 1.16 bits per heavy atom. The highest BCUT2D eigenvalue weighted by atomic mass is 19.3. The lowest BCUT2D eigenvalue weighted by molar-refractivity contribution is 0.144. The molecule has 31 heavy (non-hydrogen) atoms. The predicted molar refractivity (Wildman–Crippen MR) is 107 cm³/mol. The number of pyridine rings is 1. The lowest BCUT2D eigenvalue weighted by Gasteiger charge is -2.18. The van der Waals surface area contributed by atoms with Gasteiger partial charge >= 0.3 is 0 Å². The number of nitrogens with one attached hydrogen (secondary N) is 1. The van der Waals surface area contributed by atoms with E-state index in [1.807, 2.05) is 0 Å². The molecule has 0 saturated heterocycles. The van der Waals surface area contributed by atoms with Crippen molar-refractivity contribution in [2.75, 3.05) is 5.32 Å². The van der Waals surface area contributed by atoms with Gasteiger partial charge in [0.15, 0.2) is 6.23 Å². The van der Waals surface area contributed by atoms with E-state index in [0.29, 0.717) is 22.2 Å². The van der Waals surface area contributed by atoms with Crippen LogP contribution >= 0.6 is 0 Å². The smallest absolute Gasteiger partial charge is 0.266 e. The number of alkyl halides is 2. The molecule has 4 aromatic rings. The summed E-state index contributed by atoms with van der Waals surface area (Å²) in [6, 6.07) is 3.37. The molecule has 4 rings (SSSR count). The highest BCUT2D eigenvalue weighted by Gasteiger charge is 2.22. The van der Waals surface area contributed by atoms with Crippen molar-refractivity contribution in [2.24, 2.45) is 7.05 Å². The molecule has 0 radical (unpaired) electrons. The minimum atomic E-state index is -3.02. The minimum absolute atomic E-state index is 0.0973. The summed E-state index contributed by atoms with van der Waals surface area (Å²) < 4.78 is 43.3. The zero-order valence-electron chi connectivity index (χ0n) is 16.4. The number of fused-ring (bicyclic) bond motifs is 1. The number of halogens is 3. The standard InChI is InChI=1S/C20H17F3N6O2/c1-10-16-14(8-29(20(10)31)11-6-26-28(2)7-11)18(25-9-24-16)27-19(30)13-5-3-4-12(15(13)21)17(22)23/h3-9,17,19,30H,1-2H3,(H,24,25,27)/t19-/m1/s1. The van der Waals surface area contributed by atoms with Gasteiger partial charge in [-0.2, -0.15) is 5.10 Å². The van der Waals surface area contributed by atoms with Crippen LogP contribution in [0.5, 0.6) is 0 Å². The maximum Gasteiger partial charge on any atom is 0.266 e. The Labute approximate surface area is 173 Å². The topological polar surface area (TPSA) is 97.9 Å². The molecule has 3 heterocycles. The van der Waals surface area contributed by atoms with Gasteiger partial charge in [-0.15, -0.1) is 0 Å². The predicted octanol–water partition coefficient (Wildman–Crippen LogP) is 3.00. The molecule has 1 atom stereocenters. The lowest BCUT2D eigenvalue weighted by atomic mass is 10.1. The monoisotopic (exact) mass is 430 g/mol. The number of aliphatic hydroxyl groups is 1. The fourth-order valence-electron chi connectivity index (χ4n) is 3.28. The van der Waals surface area contributed by atoms with Crippen molar-refractivity contribution >= 4 is 16.7 Å². The number of hydrogen-bond donors (Lipinski definition) is 2. The molecule has 1 aromatic carbocycles. The van der Waals surface area contributed by atoms with Crippen LogP contribution in [0.15, 0.2) is 47.9 Å². The van der Waals surface area contributed by atoms with E-state index in [4.69, 9.17) is 0 Å². The molecular formula is C20H17F3N6O2. The number of aromatic nitrogens is 5. The van der Waals surface area contributed by atoms with E-state index >= 15 is 0 Å². The molecule has 3 aromatic heterocycles. The fraction of sp³-hybridized carbons (Fsp3) is 0.200. The number of aryl methyl sites for hydroxylation is 2. The van der Waals surface area contributed by atoms with Gasteiger partial charge in [0.25, 0.3) is 12.0 Å². The molecule has 0 aliphatic carbocycles. The van der Waals surface area contributed by atoms with Crippen molar-refractivity contribution < 1.29 is 18.3 Å². The Hall–Kier alpha value is -3.73. The van der Waals surface area contributed by atoms with E-state index in [0.717, 1.165) is 6.07 Å². The molecule has 0 spiro atoms. The molecular weight excluding hydrogens is 413 g/mol. The third kappa shape index (κ3) is 3.63. The number of rotatable bonds is 5. The fourth-order valence-corrected chi connectivity index (χ4v) is 3.28. The summed E-state index contributed by atoms with van der Waals surface area (Å²) >= 11 is 0. The number of benzene rings is 1. The van der Waals surface area contributed by atoms with Crippen LogP contribution in [0.2, 0.25) is 0 Å². The van der Waals surface area contributed by atoms with E-state index in [9.17, 15) is 23.1 Å². The van der Waals surface area contributed by atoms with E-state index in [1.165, 1.54) is 40.1 Å². The molecule has 0 unspecified atom stereocenters. The first kappa shape index (κ1) is 20.5. The Kier molecular flexibility index (Phi) is 5.19. The van der Waals surface area contributed by atoms with Gasteiger partial charge in [-0.3, -0.25) is 14.0 Å². The average molecular weight is 430 g/mol. The van der Waals surface area contributed by atoms with Gasteiger partial charge in [0.05, 0.1) is 28.4 Å². The highest BCUT2D eigenvalue weighted by Crippen LogP contribution is 2.29. The van der Waals surface area contributed by atoms with Crippen molar-refractivity contribution in [3.05, 3.63) is 76.0 Å². The molecule has 8 nitrogen and oxygen atoms in total. The maximum atomic E-state index is 14.4. The van der Waals surface area contributed by atoms with Gasteiger partial charge in [0, 0.05) is 30.6 Å². The Morgan fingerprint density at radius 2 is 1.90 bits per heavy atom. The summed E-state index contributed by atoms with van der Waals surface area (Å²) in [5.74, 6) is -1.11.